The molecule has 0 aliphatic carbocycles. The molecule has 4 aromatic carbocycles. The fourth-order valence-corrected chi connectivity index (χ4v) is 6.66. The van der Waals surface area contributed by atoms with Crippen LogP contribution in [0.3, 0.4) is 0 Å². The molecule has 0 radical (unpaired) electrons. The summed E-state index contributed by atoms with van der Waals surface area (Å²) < 4.78 is 13.4. The molecule has 0 aromatic heterocycles. The highest BCUT2D eigenvalue weighted by atomic mass is 127. The molecular weight excluding hydrogens is 698 g/mol. The van der Waals surface area contributed by atoms with Crippen molar-refractivity contribution in [2.75, 3.05) is 7.11 Å². The van der Waals surface area contributed by atoms with Crippen LogP contribution in [0.25, 0.3) is 16.8 Å². The van der Waals surface area contributed by atoms with E-state index in [4.69, 9.17) is 9.47 Å². The average Bonchev–Trinajstić information content (AvgIpc) is 3.22. The molecule has 36 heavy (non-hydrogen) atoms. The minimum Gasteiger partial charge on any atom is -0.497 e. The first-order chi connectivity index (χ1) is 17.5. The summed E-state index contributed by atoms with van der Waals surface area (Å²) in [4.78, 5) is 17.7. The number of benzene rings is 4. The van der Waals surface area contributed by atoms with Gasteiger partial charge in [0.2, 0.25) is 0 Å². The molecule has 180 valence electrons. The van der Waals surface area contributed by atoms with Crippen molar-refractivity contribution in [1.29, 1.82) is 0 Å². The molecule has 1 fully saturated rings. The van der Waals surface area contributed by atoms with Gasteiger partial charge in [-0.3, -0.25) is 4.79 Å². The molecule has 1 heterocycles. The predicted molar refractivity (Wildman–Crippen MR) is 164 cm³/mol. The summed E-state index contributed by atoms with van der Waals surface area (Å²) in [6, 6.07) is 26.1. The summed E-state index contributed by atoms with van der Waals surface area (Å²) in [6.07, 6.45) is 1.88. The van der Waals surface area contributed by atoms with Crippen LogP contribution in [0.4, 0.5) is 5.69 Å². The minimum atomic E-state index is -0.158. The van der Waals surface area contributed by atoms with Crippen molar-refractivity contribution in [3.05, 3.63) is 102 Å². The lowest BCUT2D eigenvalue weighted by molar-refractivity contribution is -0.115. The van der Waals surface area contributed by atoms with E-state index < -0.39 is 0 Å². The van der Waals surface area contributed by atoms with Crippen molar-refractivity contribution in [3.63, 3.8) is 0 Å². The number of halogens is 2. The van der Waals surface area contributed by atoms with E-state index in [2.05, 4.69) is 85.8 Å². The summed E-state index contributed by atoms with van der Waals surface area (Å²) in [5.74, 6) is 1.45. The third-order valence-electron chi connectivity index (χ3n) is 5.47. The fourth-order valence-electron chi connectivity index (χ4n) is 3.69. The van der Waals surface area contributed by atoms with E-state index >= 15 is 0 Å². The first kappa shape index (κ1) is 25.1. The van der Waals surface area contributed by atoms with Gasteiger partial charge in [-0.05, 0) is 127 Å². The molecule has 1 saturated heterocycles. The molecule has 1 aliphatic heterocycles. The lowest BCUT2D eigenvalue weighted by Crippen LogP contribution is -2.19. The topological polar surface area (TPSA) is 59.9 Å². The Morgan fingerprint density at radius 1 is 0.944 bits per heavy atom. The molecule has 0 saturated carbocycles. The third kappa shape index (κ3) is 5.87. The number of methoxy groups -OCH3 is 1. The zero-order valence-corrected chi connectivity index (χ0v) is 24.3. The van der Waals surface area contributed by atoms with Crippen LogP contribution in [-0.2, 0) is 11.4 Å². The van der Waals surface area contributed by atoms with Gasteiger partial charge in [0.05, 0.1) is 24.8 Å². The lowest BCUT2D eigenvalue weighted by Gasteiger charge is -2.12. The van der Waals surface area contributed by atoms with E-state index in [1.54, 1.807) is 7.11 Å². The van der Waals surface area contributed by atoms with E-state index in [1.807, 2.05) is 54.6 Å². The third-order valence-corrected chi connectivity index (χ3v) is 7.98. The number of amidine groups is 1. The lowest BCUT2D eigenvalue weighted by atomic mass is 10.1. The van der Waals surface area contributed by atoms with Crippen LogP contribution in [0.15, 0.2) is 88.8 Å². The maximum absolute atomic E-state index is 12.5. The van der Waals surface area contributed by atoms with Gasteiger partial charge in [0.15, 0.2) is 5.17 Å². The molecule has 1 aliphatic rings. The second kappa shape index (κ2) is 11.2. The van der Waals surface area contributed by atoms with Crippen molar-refractivity contribution >= 4 is 90.6 Å². The Hall–Kier alpha value is -2.57. The molecule has 4 aromatic rings. The van der Waals surface area contributed by atoms with Crippen LogP contribution in [0.2, 0.25) is 0 Å². The van der Waals surface area contributed by atoms with Crippen molar-refractivity contribution in [1.82, 2.24) is 5.32 Å². The van der Waals surface area contributed by atoms with Crippen LogP contribution in [0.5, 0.6) is 11.5 Å². The van der Waals surface area contributed by atoms with Gasteiger partial charge in [-0.2, -0.15) is 0 Å². The van der Waals surface area contributed by atoms with Gasteiger partial charge in [-0.15, -0.1) is 0 Å². The maximum atomic E-state index is 12.5. The summed E-state index contributed by atoms with van der Waals surface area (Å²) in [6.45, 7) is 0.487. The van der Waals surface area contributed by atoms with Crippen molar-refractivity contribution in [2.24, 2.45) is 4.99 Å². The standard InChI is InChI=1S/C28H20I2N2O3S/c1-34-22-10-8-21(9-11-22)31-28-32-27(33)25(36-28)15-18-13-23(29)26(24(30)14-18)35-16-17-6-7-19-4-2-3-5-20(19)12-17/h2-15H,16H2,1H3,(H,31,32,33)/b25-15+. The Kier molecular flexibility index (Phi) is 7.82. The Morgan fingerprint density at radius 2 is 1.67 bits per heavy atom. The van der Waals surface area contributed by atoms with Gasteiger partial charge in [0.1, 0.15) is 18.1 Å². The zero-order valence-electron chi connectivity index (χ0n) is 19.1. The SMILES string of the molecule is COc1ccc(N=C2NC(=O)/C(=C\c3cc(I)c(OCc4ccc5ccccc5c4)c(I)c3)S2)cc1. The number of fused-ring (bicyclic) bond motifs is 1. The van der Waals surface area contributed by atoms with E-state index in [-0.39, 0.29) is 5.91 Å². The highest BCUT2D eigenvalue weighted by molar-refractivity contribution is 14.1. The number of rotatable bonds is 6. The number of thioether (sulfide) groups is 1. The summed E-state index contributed by atoms with van der Waals surface area (Å²) in [5.41, 5.74) is 2.80. The number of aliphatic imine (C=N–C) groups is 1. The molecule has 5 nitrogen and oxygen atoms in total. The molecule has 0 bridgehead atoms. The molecule has 0 unspecified atom stereocenters. The number of carbonyl (C=O) groups is 1. The Balaban J connectivity index is 1.30. The molecule has 8 heteroatoms. The second-order valence-electron chi connectivity index (χ2n) is 7.96. The average molecular weight is 718 g/mol. The highest BCUT2D eigenvalue weighted by Gasteiger charge is 2.24. The quantitative estimate of drug-likeness (QED) is 0.166. The smallest absolute Gasteiger partial charge is 0.264 e. The Morgan fingerprint density at radius 3 is 2.39 bits per heavy atom. The number of hydrogen-bond donors (Lipinski definition) is 1. The van der Waals surface area contributed by atoms with E-state index in [0.29, 0.717) is 16.7 Å². The fraction of sp³-hybridized carbons (Fsp3) is 0.0714. The molecule has 0 spiro atoms. The molecule has 0 atom stereocenters. The van der Waals surface area contributed by atoms with E-state index in [1.165, 1.54) is 22.5 Å². The Labute approximate surface area is 240 Å². The molecule has 1 N–H and O–H groups in total. The van der Waals surface area contributed by atoms with Crippen LogP contribution in [0, 0.1) is 7.14 Å². The van der Waals surface area contributed by atoms with Crippen LogP contribution < -0.4 is 14.8 Å². The highest BCUT2D eigenvalue weighted by Crippen LogP contribution is 2.33. The minimum absolute atomic E-state index is 0.158. The van der Waals surface area contributed by atoms with Gasteiger partial charge in [0.25, 0.3) is 5.91 Å². The van der Waals surface area contributed by atoms with Gasteiger partial charge >= 0.3 is 0 Å². The van der Waals surface area contributed by atoms with E-state index in [0.717, 1.165) is 35.5 Å². The van der Waals surface area contributed by atoms with Gasteiger partial charge in [-0.1, -0.05) is 36.4 Å². The molecule has 1 amide bonds. The first-order valence-corrected chi connectivity index (χ1v) is 14.0. The summed E-state index contributed by atoms with van der Waals surface area (Å²) in [7, 11) is 1.62. The van der Waals surface area contributed by atoms with Crippen molar-refractivity contribution in [3.8, 4) is 11.5 Å². The van der Waals surface area contributed by atoms with Crippen molar-refractivity contribution in [2.45, 2.75) is 6.61 Å². The molecular formula is C28H20I2N2O3S. The largest absolute Gasteiger partial charge is 0.497 e. The monoisotopic (exact) mass is 718 g/mol. The van der Waals surface area contributed by atoms with E-state index in [9.17, 15) is 4.79 Å². The number of carbonyl (C=O) groups excluding carboxylic acids is 1. The maximum Gasteiger partial charge on any atom is 0.264 e. The van der Waals surface area contributed by atoms with Crippen LogP contribution in [0.1, 0.15) is 11.1 Å². The first-order valence-electron chi connectivity index (χ1n) is 11.0. The predicted octanol–water partition coefficient (Wildman–Crippen LogP) is 7.53. The van der Waals surface area contributed by atoms with Gasteiger partial charge < -0.3 is 14.8 Å². The van der Waals surface area contributed by atoms with Crippen molar-refractivity contribution < 1.29 is 14.3 Å². The van der Waals surface area contributed by atoms with Gasteiger partial charge in [-0.25, -0.2) is 4.99 Å². The summed E-state index contributed by atoms with van der Waals surface area (Å²) >= 11 is 5.90. The van der Waals surface area contributed by atoms with Crippen LogP contribution >= 0.6 is 56.9 Å². The number of amides is 1. The number of nitrogens with one attached hydrogen (secondary N) is 1. The van der Waals surface area contributed by atoms with Gasteiger partial charge in [0, 0.05) is 0 Å². The second-order valence-corrected chi connectivity index (χ2v) is 11.3. The summed E-state index contributed by atoms with van der Waals surface area (Å²) in [5, 5.41) is 5.81. The normalized spacial score (nSPS) is 15.5. The Bertz CT molecular complexity index is 1490. The number of nitrogens with zero attached hydrogens (tertiary/aromatic N) is 1. The number of hydrogen-bond acceptors (Lipinski definition) is 5. The zero-order chi connectivity index (χ0) is 25.1. The van der Waals surface area contributed by atoms with Crippen LogP contribution in [-0.4, -0.2) is 18.2 Å². The molecule has 5 rings (SSSR count). The number of ether oxygens (including phenoxy) is 2.